The van der Waals surface area contributed by atoms with Gasteiger partial charge in [-0.1, -0.05) is 0 Å². The van der Waals surface area contributed by atoms with E-state index in [-0.39, 0.29) is 22.9 Å². The summed E-state index contributed by atoms with van der Waals surface area (Å²) in [4.78, 5) is 15.2. The molecule has 0 radical (unpaired) electrons. The van der Waals surface area contributed by atoms with Crippen molar-refractivity contribution in [1.29, 1.82) is 0 Å². The highest BCUT2D eigenvalue weighted by Gasteiger charge is 2.12. The largest absolute Gasteiger partial charge is 0.382 e. The summed E-state index contributed by atoms with van der Waals surface area (Å²) in [6.45, 7) is 1.52. The van der Waals surface area contributed by atoms with Gasteiger partial charge < -0.3 is 16.8 Å². The van der Waals surface area contributed by atoms with E-state index in [2.05, 4.69) is 20.5 Å². The van der Waals surface area contributed by atoms with Gasteiger partial charge in [0.2, 0.25) is 0 Å². The SMILES string of the molecule is Cc1nc(Nc2cc(N)nnc2C(N)=O)ccc1F. The van der Waals surface area contributed by atoms with Crippen LogP contribution in [-0.2, 0) is 0 Å². The molecule has 0 fully saturated rings. The molecule has 8 heteroatoms. The zero-order valence-electron chi connectivity index (χ0n) is 10.0. The number of nitrogens with two attached hydrogens (primary N) is 2. The molecular weight excluding hydrogens is 251 g/mol. The normalized spacial score (nSPS) is 10.2. The minimum absolute atomic E-state index is 0.0713. The third-order valence-electron chi connectivity index (χ3n) is 2.33. The van der Waals surface area contributed by atoms with Crippen molar-refractivity contribution in [3.8, 4) is 0 Å². The quantitative estimate of drug-likeness (QED) is 0.750. The smallest absolute Gasteiger partial charge is 0.271 e. The zero-order valence-corrected chi connectivity index (χ0v) is 10.0. The van der Waals surface area contributed by atoms with E-state index in [4.69, 9.17) is 11.5 Å². The van der Waals surface area contributed by atoms with Gasteiger partial charge in [-0.25, -0.2) is 9.37 Å². The highest BCUT2D eigenvalue weighted by atomic mass is 19.1. The zero-order chi connectivity index (χ0) is 14.0. The van der Waals surface area contributed by atoms with Crippen LogP contribution in [-0.4, -0.2) is 21.1 Å². The number of nitrogens with zero attached hydrogens (tertiary/aromatic N) is 3. The Morgan fingerprint density at radius 1 is 1.37 bits per heavy atom. The van der Waals surface area contributed by atoms with Crippen LogP contribution in [0.25, 0.3) is 0 Å². The van der Waals surface area contributed by atoms with Crippen molar-refractivity contribution in [3.63, 3.8) is 0 Å². The number of pyridine rings is 1. The lowest BCUT2D eigenvalue weighted by Crippen LogP contribution is -2.17. The summed E-state index contributed by atoms with van der Waals surface area (Å²) in [5.41, 5.74) is 11.1. The Kier molecular flexibility index (Phi) is 3.23. The molecule has 2 heterocycles. The van der Waals surface area contributed by atoms with Crippen LogP contribution < -0.4 is 16.8 Å². The van der Waals surface area contributed by atoms with Gasteiger partial charge in [0.15, 0.2) is 5.69 Å². The van der Waals surface area contributed by atoms with E-state index in [9.17, 15) is 9.18 Å². The number of aryl methyl sites for hydroxylation is 1. The van der Waals surface area contributed by atoms with Gasteiger partial charge in [0.05, 0.1) is 11.4 Å². The fourth-order valence-corrected chi connectivity index (χ4v) is 1.44. The van der Waals surface area contributed by atoms with Crippen molar-refractivity contribution < 1.29 is 9.18 Å². The van der Waals surface area contributed by atoms with E-state index in [1.807, 2.05) is 0 Å². The molecule has 0 aliphatic heterocycles. The van der Waals surface area contributed by atoms with E-state index in [1.165, 1.54) is 25.1 Å². The van der Waals surface area contributed by atoms with Crippen molar-refractivity contribution in [2.75, 3.05) is 11.1 Å². The van der Waals surface area contributed by atoms with Crippen LogP contribution >= 0.6 is 0 Å². The van der Waals surface area contributed by atoms with Crippen molar-refractivity contribution in [1.82, 2.24) is 15.2 Å². The summed E-state index contributed by atoms with van der Waals surface area (Å²) >= 11 is 0. The Morgan fingerprint density at radius 3 is 2.74 bits per heavy atom. The topological polar surface area (TPSA) is 120 Å². The fraction of sp³-hybridized carbons (Fsp3) is 0.0909. The molecule has 0 unspecified atom stereocenters. The molecule has 7 nitrogen and oxygen atoms in total. The Morgan fingerprint density at radius 2 is 2.11 bits per heavy atom. The Hall–Kier alpha value is -2.77. The summed E-state index contributed by atoms with van der Waals surface area (Å²) in [6, 6.07) is 4.07. The van der Waals surface area contributed by atoms with Crippen molar-refractivity contribution in [2.24, 2.45) is 5.73 Å². The van der Waals surface area contributed by atoms with Crippen LogP contribution in [0.3, 0.4) is 0 Å². The van der Waals surface area contributed by atoms with Gasteiger partial charge in [-0.2, -0.15) is 0 Å². The number of anilines is 3. The van der Waals surface area contributed by atoms with Gasteiger partial charge >= 0.3 is 0 Å². The molecule has 0 aliphatic rings. The number of nitrogen functional groups attached to an aromatic ring is 1. The summed E-state index contributed by atoms with van der Waals surface area (Å²) in [7, 11) is 0. The third kappa shape index (κ3) is 2.73. The number of hydrogen-bond acceptors (Lipinski definition) is 6. The molecule has 0 atom stereocenters. The van der Waals surface area contributed by atoms with Gasteiger partial charge in [0, 0.05) is 6.07 Å². The van der Waals surface area contributed by atoms with Crippen molar-refractivity contribution >= 4 is 23.2 Å². The predicted molar refractivity (Wildman–Crippen MR) is 67.2 cm³/mol. The van der Waals surface area contributed by atoms with Crippen LogP contribution in [0.2, 0.25) is 0 Å². The maximum absolute atomic E-state index is 13.1. The Bertz CT molecular complexity index is 645. The number of nitrogens with one attached hydrogen (secondary N) is 1. The molecule has 0 bridgehead atoms. The molecule has 0 saturated heterocycles. The summed E-state index contributed by atoms with van der Waals surface area (Å²) in [5.74, 6) is -0.720. The molecule has 2 rings (SSSR count). The van der Waals surface area contributed by atoms with Crippen LogP contribution in [0.5, 0.6) is 0 Å². The molecule has 2 aromatic rings. The molecule has 5 N–H and O–H groups in total. The number of amides is 1. The summed E-state index contributed by atoms with van der Waals surface area (Å²) in [6.07, 6.45) is 0. The second-order valence-corrected chi connectivity index (χ2v) is 3.78. The van der Waals surface area contributed by atoms with Crippen molar-refractivity contribution in [3.05, 3.63) is 35.4 Å². The number of aromatic nitrogens is 3. The van der Waals surface area contributed by atoms with Gasteiger partial charge in [-0.15, -0.1) is 10.2 Å². The highest BCUT2D eigenvalue weighted by molar-refractivity contribution is 5.97. The first-order valence-corrected chi connectivity index (χ1v) is 5.30. The standard InChI is InChI=1S/C11H11FN6O/c1-5-6(12)2-3-9(15-5)16-7-4-8(13)17-18-10(7)11(14)19/h2-4H,1H3,(H2,14,19)(H3,13,15,16,17). The average Bonchev–Trinajstić information content (AvgIpc) is 2.33. The van der Waals surface area contributed by atoms with Crippen LogP contribution in [0.1, 0.15) is 16.2 Å². The van der Waals surface area contributed by atoms with Gasteiger partial charge in [0.25, 0.3) is 5.91 Å². The van der Waals surface area contributed by atoms with E-state index in [0.29, 0.717) is 5.82 Å². The first-order chi connectivity index (χ1) is 8.97. The highest BCUT2D eigenvalue weighted by Crippen LogP contribution is 2.19. The number of rotatable bonds is 3. The van der Waals surface area contributed by atoms with E-state index in [0.717, 1.165) is 0 Å². The predicted octanol–water partition coefficient (Wildman–Crippen LogP) is 0.744. The fourth-order valence-electron chi connectivity index (χ4n) is 1.44. The maximum Gasteiger partial charge on any atom is 0.271 e. The van der Waals surface area contributed by atoms with E-state index < -0.39 is 11.7 Å². The number of halogens is 1. The second kappa shape index (κ2) is 4.84. The van der Waals surface area contributed by atoms with Crippen molar-refractivity contribution in [2.45, 2.75) is 6.92 Å². The molecule has 0 saturated carbocycles. The number of primary amides is 1. The molecule has 1 amide bonds. The Labute approximate surface area is 107 Å². The minimum atomic E-state index is -0.756. The molecule has 19 heavy (non-hydrogen) atoms. The van der Waals surface area contributed by atoms with E-state index >= 15 is 0 Å². The summed E-state index contributed by atoms with van der Waals surface area (Å²) in [5, 5.41) is 9.94. The van der Waals surface area contributed by atoms with Gasteiger partial charge in [-0.05, 0) is 19.1 Å². The molecule has 0 aliphatic carbocycles. The van der Waals surface area contributed by atoms with Crippen LogP contribution in [0.4, 0.5) is 21.7 Å². The van der Waals surface area contributed by atoms with Gasteiger partial charge in [-0.3, -0.25) is 4.79 Å². The maximum atomic E-state index is 13.1. The molecule has 2 aromatic heterocycles. The third-order valence-corrected chi connectivity index (χ3v) is 2.33. The first kappa shape index (κ1) is 12.7. The number of carbonyl (C=O) groups excluding carboxylic acids is 1. The van der Waals surface area contributed by atoms with Gasteiger partial charge in [0.1, 0.15) is 17.5 Å². The second-order valence-electron chi connectivity index (χ2n) is 3.78. The molecule has 0 aromatic carbocycles. The van der Waals surface area contributed by atoms with Crippen LogP contribution in [0.15, 0.2) is 18.2 Å². The molecular formula is C11H11FN6O. The first-order valence-electron chi connectivity index (χ1n) is 5.30. The van der Waals surface area contributed by atoms with Crippen LogP contribution in [0, 0.1) is 12.7 Å². The number of carbonyl (C=O) groups is 1. The summed E-state index contributed by atoms with van der Waals surface area (Å²) < 4.78 is 13.1. The lowest BCUT2D eigenvalue weighted by atomic mass is 10.3. The lowest BCUT2D eigenvalue weighted by Gasteiger charge is -2.09. The molecule has 0 spiro atoms. The lowest BCUT2D eigenvalue weighted by molar-refractivity contribution is 0.0995. The van der Waals surface area contributed by atoms with E-state index in [1.54, 1.807) is 0 Å². The number of hydrogen-bond donors (Lipinski definition) is 3. The average molecular weight is 262 g/mol. The Balaban J connectivity index is 2.39. The monoisotopic (exact) mass is 262 g/mol. The minimum Gasteiger partial charge on any atom is -0.382 e. The molecule has 98 valence electrons.